The van der Waals surface area contributed by atoms with Gasteiger partial charge in [-0.3, -0.25) is 4.68 Å². The smallest absolute Gasteiger partial charge is 0.0774 e. The summed E-state index contributed by atoms with van der Waals surface area (Å²) >= 11 is 0. The lowest BCUT2D eigenvalue weighted by Crippen LogP contribution is -2.19. The topological polar surface area (TPSA) is 39.1 Å². The molecule has 17 heavy (non-hydrogen) atoms. The van der Waals surface area contributed by atoms with Crippen molar-refractivity contribution in [3.8, 4) is 0 Å². The third-order valence-electron chi connectivity index (χ3n) is 3.17. The highest BCUT2D eigenvalue weighted by Crippen LogP contribution is 2.19. The molecular formula is C13H23N3O. The SMILES string of the molecule is Cc1nn(C2CCOC2)cc1CNCC(C)C. The largest absolute Gasteiger partial charge is 0.379 e. The predicted molar refractivity (Wildman–Crippen MR) is 68.0 cm³/mol. The quantitative estimate of drug-likeness (QED) is 0.850. The first-order chi connectivity index (χ1) is 8.16. The molecule has 0 bridgehead atoms. The molecule has 1 aromatic heterocycles. The number of nitrogens with zero attached hydrogens (tertiary/aromatic N) is 2. The summed E-state index contributed by atoms with van der Waals surface area (Å²) in [6, 6.07) is 0.438. The van der Waals surface area contributed by atoms with Gasteiger partial charge in [-0.05, 0) is 25.8 Å². The van der Waals surface area contributed by atoms with Gasteiger partial charge in [-0.15, -0.1) is 0 Å². The maximum Gasteiger partial charge on any atom is 0.0774 e. The van der Waals surface area contributed by atoms with Crippen LogP contribution in [0.15, 0.2) is 6.20 Å². The van der Waals surface area contributed by atoms with E-state index in [4.69, 9.17) is 4.74 Å². The van der Waals surface area contributed by atoms with Crippen molar-refractivity contribution in [1.29, 1.82) is 0 Å². The van der Waals surface area contributed by atoms with Crippen LogP contribution in [0.25, 0.3) is 0 Å². The lowest BCUT2D eigenvalue weighted by atomic mass is 10.2. The molecule has 4 heteroatoms. The monoisotopic (exact) mass is 237 g/mol. The zero-order valence-corrected chi connectivity index (χ0v) is 11.1. The molecule has 1 unspecified atom stereocenters. The summed E-state index contributed by atoms with van der Waals surface area (Å²) in [6.07, 6.45) is 3.25. The molecule has 1 aromatic rings. The van der Waals surface area contributed by atoms with Gasteiger partial charge < -0.3 is 10.1 Å². The summed E-state index contributed by atoms with van der Waals surface area (Å²) in [5.41, 5.74) is 2.44. The molecular weight excluding hydrogens is 214 g/mol. The van der Waals surface area contributed by atoms with E-state index in [2.05, 4.69) is 42.1 Å². The van der Waals surface area contributed by atoms with Gasteiger partial charge in [0, 0.05) is 24.9 Å². The molecule has 1 N–H and O–H groups in total. The van der Waals surface area contributed by atoms with E-state index in [0.717, 1.165) is 38.4 Å². The molecule has 1 atom stereocenters. The van der Waals surface area contributed by atoms with E-state index in [1.165, 1.54) is 5.56 Å². The van der Waals surface area contributed by atoms with Crippen molar-refractivity contribution in [1.82, 2.24) is 15.1 Å². The molecule has 1 saturated heterocycles. The van der Waals surface area contributed by atoms with Crippen molar-refractivity contribution in [3.63, 3.8) is 0 Å². The Morgan fingerprint density at radius 1 is 1.59 bits per heavy atom. The number of hydrogen-bond acceptors (Lipinski definition) is 3. The van der Waals surface area contributed by atoms with Gasteiger partial charge in [-0.2, -0.15) is 5.10 Å². The van der Waals surface area contributed by atoms with Crippen LogP contribution in [0.4, 0.5) is 0 Å². The normalized spacial score (nSPS) is 20.4. The minimum absolute atomic E-state index is 0.438. The summed E-state index contributed by atoms with van der Waals surface area (Å²) in [5.74, 6) is 0.689. The zero-order chi connectivity index (χ0) is 12.3. The van der Waals surface area contributed by atoms with Gasteiger partial charge in [-0.1, -0.05) is 13.8 Å². The maximum absolute atomic E-state index is 5.40. The third kappa shape index (κ3) is 3.30. The van der Waals surface area contributed by atoms with E-state index in [-0.39, 0.29) is 0 Å². The van der Waals surface area contributed by atoms with Crippen molar-refractivity contribution in [2.45, 2.75) is 39.8 Å². The summed E-state index contributed by atoms with van der Waals surface area (Å²) < 4.78 is 7.47. The van der Waals surface area contributed by atoms with Crippen molar-refractivity contribution in [3.05, 3.63) is 17.5 Å². The molecule has 1 fully saturated rings. The Bertz CT molecular complexity index is 354. The van der Waals surface area contributed by atoms with Gasteiger partial charge in [0.2, 0.25) is 0 Å². The number of nitrogens with one attached hydrogen (secondary N) is 1. The number of ether oxygens (including phenoxy) is 1. The predicted octanol–water partition coefficient (Wildman–Crippen LogP) is 1.90. The lowest BCUT2D eigenvalue weighted by Gasteiger charge is -2.07. The van der Waals surface area contributed by atoms with E-state index in [0.29, 0.717) is 12.0 Å². The Morgan fingerprint density at radius 2 is 2.41 bits per heavy atom. The first kappa shape index (κ1) is 12.6. The fourth-order valence-corrected chi connectivity index (χ4v) is 2.11. The Hall–Kier alpha value is -0.870. The van der Waals surface area contributed by atoms with Crippen molar-refractivity contribution in [2.75, 3.05) is 19.8 Å². The van der Waals surface area contributed by atoms with Crippen LogP contribution < -0.4 is 5.32 Å². The van der Waals surface area contributed by atoms with E-state index < -0.39 is 0 Å². The lowest BCUT2D eigenvalue weighted by molar-refractivity contribution is 0.184. The first-order valence-corrected chi connectivity index (χ1v) is 6.50. The second-order valence-electron chi connectivity index (χ2n) is 5.26. The van der Waals surface area contributed by atoms with Gasteiger partial charge in [0.05, 0.1) is 18.3 Å². The fraction of sp³-hybridized carbons (Fsp3) is 0.769. The molecule has 1 aliphatic heterocycles. The summed E-state index contributed by atoms with van der Waals surface area (Å²) in [7, 11) is 0. The van der Waals surface area contributed by atoms with Crippen LogP contribution >= 0.6 is 0 Å². The molecule has 1 aliphatic rings. The highest BCUT2D eigenvalue weighted by atomic mass is 16.5. The maximum atomic E-state index is 5.40. The minimum Gasteiger partial charge on any atom is -0.379 e. The van der Waals surface area contributed by atoms with Gasteiger partial charge in [0.25, 0.3) is 0 Å². The van der Waals surface area contributed by atoms with Crippen LogP contribution in [0.2, 0.25) is 0 Å². The van der Waals surface area contributed by atoms with Gasteiger partial charge >= 0.3 is 0 Å². The highest BCUT2D eigenvalue weighted by Gasteiger charge is 2.19. The molecule has 0 saturated carbocycles. The molecule has 2 rings (SSSR count). The number of rotatable bonds is 5. The van der Waals surface area contributed by atoms with Crippen LogP contribution in [0.3, 0.4) is 0 Å². The first-order valence-electron chi connectivity index (χ1n) is 6.50. The summed E-state index contributed by atoms with van der Waals surface area (Å²) in [4.78, 5) is 0. The molecule has 0 aliphatic carbocycles. The minimum atomic E-state index is 0.438. The Balaban J connectivity index is 1.93. The molecule has 0 radical (unpaired) electrons. The highest BCUT2D eigenvalue weighted by molar-refractivity contribution is 5.15. The number of hydrogen-bond donors (Lipinski definition) is 1. The zero-order valence-electron chi connectivity index (χ0n) is 11.1. The van der Waals surface area contributed by atoms with Crippen molar-refractivity contribution < 1.29 is 4.74 Å². The average Bonchev–Trinajstić information content (AvgIpc) is 2.87. The molecule has 2 heterocycles. The molecule has 0 amide bonds. The van der Waals surface area contributed by atoms with Gasteiger partial charge in [-0.25, -0.2) is 0 Å². The Morgan fingerprint density at radius 3 is 3.06 bits per heavy atom. The van der Waals surface area contributed by atoms with Crippen LogP contribution in [0.5, 0.6) is 0 Å². The summed E-state index contributed by atoms with van der Waals surface area (Å²) in [5, 5.41) is 8.05. The van der Waals surface area contributed by atoms with Crippen molar-refractivity contribution in [2.24, 2.45) is 5.92 Å². The van der Waals surface area contributed by atoms with Crippen molar-refractivity contribution >= 4 is 0 Å². The Labute approximate surface area is 103 Å². The van der Waals surface area contributed by atoms with E-state index in [1.807, 2.05) is 0 Å². The van der Waals surface area contributed by atoms with Crippen LogP contribution in [-0.4, -0.2) is 29.5 Å². The average molecular weight is 237 g/mol. The van der Waals surface area contributed by atoms with Crippen LogP contribution in [0.1, 0.15) is 37.6 Å². The van der Waals surface area contributed by atoms with E-state index in [9.17, 15) is 0 Å². The number of aromatic nitrogens is 2. The molecule has 0 aromatic carbocycles. The molecule has 4 nitrogen and oxygen atoms in total. The molecule has 96 valence electrons. The van der Waals surface area contributed by atoms with Gasteiger partial charge in [0.1, 0.15) is 0 Å². The third-order valence-corrected chi connectivity index (χ3v) is 3.17. The van der Waals surface area contributed by atoms with E-state index in [1.54, 1.807) is 0 Å². The van der Waals surface area contributed by atoms with Gasteiger partial charge in [0.15, 0.2) is 0 Å². The van der Waals surface area contributed by atoms with Crippen LogP contribution in [-0.2, 0) is 11.3 Å². The second-order valence-corrected chi connectivity index (χ2v) is 5.26. The number of aryl methyl sites for hydroxylation is 1. The van der Waals surface area contributed by atoms with E-state index >= 15 is 0 Å². The molecule has 0 spiro atoms. The standard InChI is InChI=1S/C13H23N3O/c1-10(2)6-14-7-12-8-16(15-11(12)3)13-4-5-17-9-13/h8,10,13-14H,4-7,9H2,1-3H3. The fourth-order valence-electron chi connectivity index (χ4n) is 2.11. The second kappa shape index (κ2) is 5.65. The summed E-state index contributed by atoms with van der Waals surface area (Å²) in [6.45, 7) is 10.2. The Kier molecular flexibility index (Phi) is 4.18. The van der Waals surface area contributed by atoms with Crippen LogP contribution in [0, 0.1) is 12.8 Å².